The highest BCUT2D eigenvalue weighted by molar-refractivity contribution is 5.91. The van der Waals surface area contributed by atoms with Gasteiger partial charge in [0, 0.05) is 49.7 Å². The molecule has 2 fully saturated rings. The lowest BCUT2D eigenvalue weighted by Gasteiger charge is -2.31. The van der Waals surface area contributed by atoms with Gasteiger partial charge in [0.2, 0.25) is 5.91 Å². The van der Waals surface area contributed by atoms with Crippen molar-refractivity contribution in [1.29, 1.82) is 0 Å². The van der Waals surface area contributed by atoms with Crippen LogP contribution < -0.4 is 0 Å². The van der Waals surface area contributed by atoms with E-state index < -0.39 is 6.10 Å². The van der Waals surface area contributed by atoms with Gasteiger partial charge in [-0.3, -0.25) is 9.78 Å². The Bertz CT molecular complexity index is 855. The molecule has 2 saturated carbocycles. The van der Waals surface area contributed by atoms with Gasteiger partial charge in [-0.15, -0.1) is 0 Å². The van der Waals surface area contributed by atoms with Crippen molar-refractivity contribution in [2.24, 2.45) is 10.4 Å². The molecule has 6 nitrogen and oxygen atoms in total. The van der Waals surface area contributed by atoms with Crippen LogP contribution in [0.1, 0.15) is 75.5 Å². The zero-order valence-electron chi connectivity index (χ0n) is 18.5. The Balaban J connectivity index is 1.42. The number of aromatic nitrogens is 1. The third-order valence-corrected chi connectivity index (χ3v) is 6.59. The summed E-state index contributed by atoms with van der Waals surface area (Å²) in [5.74, 6) is 1.74. The predicted octanol–water partition coefficient (Wildman–Crippen LogP) is 3.65. The number of amides is 1. The highest BCUT2D eigenvalue weighted by atomic mass is 16.3. The lowest BCUT2D eigenvalue weighted by molar-refractivity contribution is -0.132. The van der Waals surface area contributed by atoms with E-state index in [0.717, 1.165) is 29.9 Å². The van der Waals surface area contributed by atoms with E-state index in [1.807, 2.05) is 12.3 Å². The van der Waals surface area contributed by atoms with Crippen molar-refractivity contribution in [2.75, 3.05) is 26.7 Å². The van der Waals surface area contributed by atoms with E-state index in [-0.39, 0.29) is 11.3 Å². The van der Waals surface area contributed by atoms with Crippen LogP contribution in [0.4, 0.5) is 0 Å². The Morgan fingerprint density at radius 2 is 2.17 bits per heavy atom. The van der Waals surface area contributed by atoms with Crippen molar-refractivity contribution < 1.29 is 9.90 Å². The molecule has 1 unspecified atom stereocenters. The number of nitrogens with zero attached hydrogens (tertiary/aromatic N) is 4. The fourth-order valence-corrected chi connectivity index (χ4v) is 4.46. The van der Waals surface area contributed by atoms with E-state index in [9.17, 15) is 9.90 Å². The van der Waals surface area contributed by atoms with Gasteiger partial charge in [0.05, 0.1) is 19.1 Å². The van der Waals surface area contributed by atoms with Crippen LogP contribution in [0, 0.1) is 5.41 Å². The van der Waals surface area contributed by atoms with E-state index >= 15 is 0 Å². The average Bonchev–Trinajstić information content (AvgIpc) is 3.64. The largest absolute Gasteiger partial charge is 0.386 e. The molecular formula is C24H34N4O2. The molecule has 0 radical (unpaired) electrons. The number of hydrogen-bond acceptors (Lipinski definition) is 5. The quantitative estimate of drug-likeness (QED) is 0.675. The van der Waals surface area contributed by atoms with Crippen LogP contribution in [-0.2, 0) is 4.79 Å². The first kappa shape index (κ1) is 21.0. The van der Waals surface area contributed by atoms with Gasteiger partial charge in [0.15, 0.2) is 0 Å². The number of pyridine rings is 1. The van der Waals surface area contributed by atoms with Crippen LogP contribution in [0.3, 0.4) is 0 Å². The molecule has 1 aromatic rings. The van der Waals surface area contributed by atoms with E-state index in [2.05, 4.69) is 35.8 Å². The molecule has 30 heavy (non-hydrogen) atoms. The highest BCUT2D eigenvalue weighted by Crippen LogP contribution is 2.47. The van der Waals surface area contributed by atoms with Crippen molar-refractivity contribution in [3.8, 4) is 0 Å². The van der Waals surface area contributed by atoms with Gasteiger partial charge in [-0.25, -0.2) is 4.99 Å². The summed E-state index contributed by atoms with van der Waals surface area (Å²) < 4.78 is 0. The van der Waals surface area contributed by atoms with Crippen LogP contribution in [0.25, 0.3) is 0 Å². The smallest absolute Gasteiger partial charge is 0.226 e. The summed E-state index contributed by atoms with van der Waals surface area (Å²) in [6.07, 6.45) is 10.7. The van der Waals surface area contributed by atoms with Gasteiger partial charge in [0.1, 0.15) is 5.84 Å². The van der Waals surface area contributed by atoms with E-state index in [0.29, 0.717) is 25.4 Å². The molecule has 1 N–H and O–H groups in total. The minimum absolute atomic E-state index is 0.0590. The van der Waals surface area contributed by atoms with E-state index in [1.54, 1.807) is 17.3 Å². The molecule has 2 heterocycles. The maximum atomic E-state index is 13.1. The number of amidine groups is 1. The Kier molecular flexibility index (Phi) is 5.96. The number of carbonyl (C=O) groups is 1. The molecule has 3 aliphatic rings. The average molecular weight is 411 g/mol. The lowest BCUT2D eigenvalue weighted by atomic mass is 10.0. The normalized spacial score (nSPS) is 21.0. The van der Waals surface area contributed by atoms with Crippen LogP contribution >= 0.6 is 0 Å². The molecule has 0 bridgehead atoms. The highest BCUT2D eigenvalue weighted by Gasteiger charge is 2.45. The summed E-state index contributed by atoms with van der Waals surface area (Å²) in [6.45, 7) is 6.02. The molecule has 0 spiro atoms. The second kappa shape index (κ2) is 8.50. The molecule has 6 heteroatoms. The maximum Gasteiger partial charge on any atom is 0.226 e. The Labute approximate surface area is 179 Å². The van der Waals surface area contributed by atoms with Crippen LogP contribution in [0.15, 0.2) is 35.2 Å². The summed E-state index contributed by atoms with van der Waals surface area (Å²) >= 11 is 0. The molecule has 2 aliphatic carbocycles. The summed E-state index contributed by atoms with van der Waals surface area (Å²) in [5.41, 5.74) is 3.32. The van der Waals surface area contributed by atoms with Gasteiger partial charge in [0.25, 0.3) is 0 Å². The predicted molar refractivity (Wildman–Crippen MR) is 118 cm³/mol. The van der Waals surface area contributed by atoms with Gasteiger partial charge < -0.3 is 14.9 Å². The summed E-state index contributed by atoms with van der Waals surface area (Å²) in [5, 5.41) is 10.9. The molecule has 1 atom stereocenters. The second-order valence-corrected chi connectivity index (χ2v) is 9.47. The Morgan fingerprint density at radius 1 is 1.40 bits per heavy atom. The van der Waals surface area contributed by atoms with Crippen molar-refractivity contribution in [3.63, 3.8) is 0 Å². The molecule has 0 saturated heterocycles. The Morgan fingerprint density at radius 3 is 2.80 bits per heavy atom. The molecule has 4 rings (SSSR count). The van der Waals surface area contributed by atoms with Crippen LogP contribution in [-0.4, -0.2) is 58.3 Å². The van der Waals surface area contributed by atoms with Gasteiger partial charge in [-0.2, -0.15) is 0 Å². The Hall–Kier alpha value is -2.21. The summed E-state index contributed by atoms with van der Waals surface area (Å²) in [7, 11) is 2.06. The van der Waals surface area contributed by atoms with Gasteiger partial charge in [-0.05, 0) is 55.2 Å². The topological polar surface area (TPSA) is 69.0 Å². The van der Waals surface area contributed by atoms with Crippen molar-refractivity contribution in [1.82, 2.24) is 14.8 Å². The third kappa shape index (κ3) is 4.59. The first-order chi connectivity index (χ1) is 14.4. The van der Waals surface area contributed by atoms with E-state index in [1.165, 1.54) is 31.2 Å². The molecule has 1 aliphatic heterocycles. The minimum Gasteiger partial charge on any atom is -0.386 e. The standard InChI is InChI=1S/C24H34N4O2/c1-4-11-28(16-21(29)20-14-25-10-7-19(20)18-5-6-18)22(30)12-17-13-26-23(27(3)15-17)24(2)8-9-24/h7,10,13-14,18,21,29H,4-6,8-9,11-12,15-16H2,1-3H3. The number of likely N-dealkylation sites (N-methyl/N-ethyl adjacent to an activating group) is 1. The molecule has 1 amide bonds. The number of aliphatic imine (C=N–C) groups is 1. The van der Waals surface area contributed by atoms with Crippen molar-refractivity contribution in [2.45, 2.75) is 64.4 Å². The van der Waals surface area contributed by atoms with E-state index in [4.69, 9.17) is 0 Å². The fraction of sp³-hybridized carbons (Fsp3) is 0.625. The fourth-order valence-electron chi connectivity index (χ4n) is 4.46. The minimum atomic E-state index is -0.702. The third-order valence-electron chi connectivity index (χ3n) is 6.59. The maximum absolute atomic E-state index is 13.1. The van der Waals surface area contributed by atoms with Crippen LogP contribution in [0.5, 0.6) is 0 Å². The lowest BCUT2D eigenvalue weighted by Crippen LogP contribution is -2.39. The van der Waals surface area contributed by atoms with Crippen molar-refractivity contribution in [3.05, 3.63) is 41.4 Å². The first-order valence-electron chi connectivity index (χ1n) is 11.3. The number of carbonyl (C=O) groups excluding carboxylic acids is 1. The SMILES string of the molecule is CCCN(CC(O)c1cnccc1C1CC1)C(=O)CC1=CN=C(C2(C)CC2)N(C)C1. The van der Waals surface area contributed by atoms with Crippen LogP contribution in [0.2, 0.25) is 0 Å². The monoisotopic (exact) mass is 410 g/mol. The second-order valence-electron chi connectivity index (χ2n) is 9.47. The molecular weight excluding hydrogens is 376 g/mol. The molecule has 162 valence electrons. The molecule has 0 aromatic carbocycles. The van der Waals surface area contributed by atoms with Gasteiger partial charge in [-0.1, -0.05) is 13.8 Å². The first-order valence-corrected chi connectivity index (χ1v) is 11.3. The number of aliphatic hydroxyl groups excluding tert-OH is 1. The van der Waals surface area contributed by atoms with Gasteiger partial charge >= 0.3 is 0 Å². The number of rotatable bonds is 9. The molecule has 1 aromatic heterocycles. The van der Waals surface area contributed by atoms with Crippen molar-refractivity contribution >= 4 is 11.7 Å². The summed E-state index contributed by atoms with van der Waals surface area (Å²) in [4.78, 5) is 26.0. The zero-order valence-corrected chi connectivity index (χ0v) is 18.5. The summed E-state index contributed by atoms with van der Waals surface area (Å²) in [6, 6.07) is 2.01. The number of aliphatic hydroxyl groups is 1. The number of hydrogen-bond donors (Lipinski definition) is 1. The zero-order chi connectivity index (χ0) is 21.3.